The van der Waals surface area contributed by atoms with Crippen molar-refractivity contribution in [3.8, 4) is 0 Å². The van der Waals surface area contributed by atoms with E-state index in [1.807, 2.05) is 13.8 Å². The van der Waals surface area contributed by atoms with Crippen molar-refractivity contribution in [1.29, 1.82) is 0 Å². The van der Waals surface area contributed by atoms with Crippen LogP contribution in [0.2, 0.25) is 0 Å². The minimum atomic E-state index is -1.39. The molecular formula is C40H68O12. The van der Waals surface area contributed by atoms with Crippen molar-refractivity contribution in [3.63, 3.8) is 0 Å². The van der Waals surface area contributed by atoms with Crippen LogP contribution in [0.25, 0.3) is 0 Å². The van der Waals surface area contributed by atoms with Gasteiger partial charge in [-0.2, -0.15) is 0 Å². The van der Waals surface area contributed by atoms with E-state index in [9.17, 15) is 35.7 Å². The molecule has 0 aromatic rings. The molecule has 3 aliphatic heterocycles. The number of hydrogen-bond donors (Lipinski definition) is 7. The average molecular weight is 741 g/mol. The number of ether oxygens (including phenoxy) is 5. The van der Waals surface area contributed by atoms with Gasteiger partial charge in [-0.15, -0.1) is 0 Å². The van der Waals surface area contributed by atoms with Crippen LogP contribution in [-0.4, -0.2) is 128 Å². The second-order valence-electron chi connectivity index (χ2n) is 20.1. The Labute approximate surface area is 309 Å². The van der Waals surface area contributed by atoms with E-state index < -0.39 is 67.0 Å². The third kappa shape index (κ3) is 5.90. The summed E-state index contributed by atoms with van der Waals surface area (Å²) in [6, 6.07) is 0. The van der Waals surface area contributed by atoms with Gasteiger partial charge in [0.25, 0.3) is 0 Å². The molecule has 4 saturated carbocycles. The zero-order chi connectivity index (χ0) is 38.0. The van der Waals surface area contributed by atoms with Crippen LogP contribution in [0.4, 0.5) is 0 Å². The minimum Gasteiger partial charge on any atom is -0.394 e. The molecule has 7 fully saturated rings. The SMILES string of the molecule is CC1(C)C(O[C@@H]2O[C@@H](CO)[C@H](O)[C@H]2O)CC[C@@]2(C)C1CC[C@]1(C)C2C[C@@H](O[C@@H]2OC[C@H](O)[C@H](O)[C@H]2O)[C@@H]2C([C@@]3(C)CC[C@H](C(C)(C)O)O3)CC[C@]21C. The summed E-state index contributed by atoms with van der Waals surface area (Å²) < 4.78 is 32.0. The lowest BCUT2D eigenvalue weighted by Gasteiger charge is -2.71. The summed E-state index contributed by atoms with van der Waals surface area (Å²) in [6.45, 7) is 17.2. The first-order chi connectivity index (χ1) is 24.1. The topological polar surface area (TPSA) is 188 Å². The maximum Gasteiger partial charge on any atom is 0.186 e. The molecule has 12 nitrogen and oxygen atoms in total. The van der Waals surface area contributed by atoms with Gasteiger partial charge >= 0.3 is 0 Å². The molecule has 4 unspecified atom stereocenters. The molecular weight excluding hydrogens is 672 g/mol. The molecule has 0 aromatic carbocycles. The van der Waals surface area contributed by atoms with Crippen LogP contribution < -0.4 is 0 Å². The van der Waals surface area contributed by atoms with Crippen LogP contribution in [0.1, 0.15) is 113 Å². The molecule has 0 spiro atoms. The summed E-state index contributed by atoms with van der Waals surface area (Å²) in [5.74, 6) is 0.726. The summed E-state index contributed by atoms with van der Waals surface area (Å²) in [5.41, 5.74) is -2.02. The van der Waals surface area contributed by atoms with E-state index in [1.54, 1.807) is 0 Å². The second-order valence-corrected chi connectivity index (χ2v) is 20.1. The van der Waals surface area contributed by atoms with Gasteiger partial charge in [0.1, 0.15) is 36.6 Å². The fourth-order valence-electron chi connectivity index (χ4n) is 13.6. The Morgan fingerprint density at radius 3 is 2.04 bits per heavy atom. The van der Waals surface area contributed by atoms with Gasteiger partial charge in [0.2, 0.25) is 0 Å². The number of hydrogen-bond acceptors (Lipinski definition) is 12. The highest BCUT2D eigenvalue weighted by Gasteiger charge is 2.73. The smallest absolute Gasteiger partial charge is 0.186 e. The van der Waals surface area contributed by atoms with E-state index in [1.165, 1.54) is 0 Å². The maximum absolute atomic E-state index is 11.1. The maximum atomic E-state index is 11.1. The van der Waals surface area contributed by atoms with Gasteiger partial charge < -0.3 is 59.4 Å². The molecule has 19 atom stereocenters. The van der Waals surface area contributed by atoms with Gasteiger partial charge in [0, 0.05) is 0 Å². The number of aliphatic hydroxyl groups excluding tert-OH is 6. The van der Waals surface area contributed by atoms with E-state index >= 15 is 0 Å². The molecule has 0 aromatic heterocycles. The Bertz CT molecular complexity index is 1310. The third-order valence-electron chi connectivity index (χ3n) is 16.8. The van der Waals surface area contributed by atoms with Gasteiger partial charge in [-0.3, -0.25) is 0 Å². The van der Waals surface area contributed by atoms with E-state index in [0.717, 1.165) is 57.8 Å². The Balaban J connectivity index is 1.21. The van der Waals surface area contributed by atoms with Gasteiger partial charge in [0.05, 0.1) is 42.7 Å². The number of fused-ring (bicyclic) bond motifs is 5. The molecule has 7 aliphatic rings. The molecule has 7 N–H and O–H groups in total. The van der Waals surface area contributed by atoms with E-state index in [2.05, 4.69) is 41.5 Å². The molecule has 52 heavy (non-hydrogen) atoms. The molecule has 7 rings (SSSR count). The lowest BCUT2D eigenvalue weighted by Crippen LogP contribution is -2.67. The van der Waals surface area contributed by atoms with Gasteiger partial charge in [0.15, 0.2) is 12.6 Å². The summed E-state index contributed by atoms with van der Waals surface area (Å²) >= 11 is 0. The molecule has 0 radical (unpaired) electrons. The summed E-state index contributed by atoms with van der Waals surface area (Å²) in [5, 5.41) is 73.8. The van der Waals surface area contributed by atoms with Crippen molar-refractivity contribution in [2.24, 2.45) is 45.3 Å². The van der Waals surface area contributed by atoms with Crippen molar-refractivity contribution >= 4 is 0 Å². The van der Waals surface area contributed by atoms with Crippen molar-refractivity contribution in [2.45, 2.75) is 192 Å². The van der Waals surface area contributed by atoms with Crippen molar-refractivity contribution in [2.75, 3.05) is 13.2 Å². The normalized spacial score (nSPS) is 56.2. The minimum absolute atomic E-state index is 0.0448. The first-order valence-corrected chi connectivity index (χ1v) is 20.1. The Morgan fingerprint density at radius 1 is 0.731 bits per heavy atom. The highest BCUT2D eigenvalue weighted by Crippen LogP contribution is 2.76. The predicted octanol–water partition coefficient (Wildman–Crippen LogP) is 2.64. The highest BCUT2D eigenvalue weighted by molar-refractivity contribution is 5.21. The predicted molar refractivity (Wildman–Crippen MR) is 188 cm³/mol. The van der Waals surface area contributed by atoms with Crippen LogP contribution in [0, 0.1) is 45.3 Å². The lowest BCUT2D eigenvalue weighted by atomic mass is 9.35. The van der Waals surface area contributed by atoms with Gasteiger partial charge in [-0.05, 0) is 124 Å². The zero-order valence-corrected chi connectivity index (χ0v) is 32.6. The number of rotatable bonds is 7. The summed E-state index contributed by atoms with van der Waals surface area (Å²) in [6.07, 6.45) is -2.20. The van der Waals surface area contributed by atoms with E-state index in [4.69, 9.17) is 23.7 Å². The van der Waals surface area contributed by atoms with Crippen LogP contribution in [0.5, 0.6) is 0 Å². The van der Waals surface area contributed by atoms with Crippen molar-refractivity contribution < 1.29 is 59.4 Å². The average Bonchev–Trinajstić information content (AvgIpc) is 3.74. The summed E-state index contributed by atoms with van der Waals surface area (Å²) in [7, 11) is 0. The molecule has 300 valence electrons. The fourth-order valence-corrected chi connectivity index (χ4v) is 13.6. The fraction of sp³-hybridized carbons (Fsp3) is 1.00. The first kappa shape index (κ1) is 39.7. The van der Waals surface area contributed by atoms with Crippen molar-refractivity contribution in [3.05, 3.63) is 0 Å². The van der Waals surface area contributed by atoms with Gasteiger partial charge in [-0.25, -0.2) is 0 Å². The molecule has 0 bridgehead atoms. The van der Waals surface area contributed by atoms with Crippen molar-refractivity contribution in [1.82, 2.24) is 0 Å². The summed E-state index contributed by atoms with van der Waals surface area (Å²) in [4.78, 5) is 0. The van der Waals surface area contributed by atoms with Crippen LogP contribution >= 0.6 is 0 Å². The van der Waals surface area contributed by atoms with E-state index in [0.29, 0.717) is 0 Å². The lowest BCUT2D eigenvalue weighted by molar-refractivity contribution is -0.320. The quantitative estimate of drug-likeness (QED) is 0.190. The molecule has 12 heteroatoms. The largest absolute Gasteiger partial charge is 0.394 e. The second kappa shape index (κ2) is 13.3. The zero-order valence-electron chi connectivity index (χ0n) is 32.6. The first-order valence-electron chi connectivity index (χ1n) is 20.1. The molecule has 3 heterocycles. The van der Waals surface area contributed by atoms with Crippen LogP contribution in [0.3, 0.4) is 0 Å². The van der Waals surface area contributed by atoms with E-state index in [-0.39, 0.29) is 70.3 Å². The Morgan fingerprint density at radius 2 is 1.40 bits per heavy atom. The highest BCUT2D eigenvalue weighted by atomic mass is 16.7. The molecule has 3 saturated heterocycles. The third-order valence-corrected chi connectivity index (χ3v) is 16.8. The number of aliphatic hydroxyl groups is 7. The Kier molecular flexibility index (Phi) is 10.2. The Hall–Kier alpha value is -0.480. The molecule has 4 aliphatic carbocycles. The molecule has 0 amide bonds. The monoisotopic (exact) mass is 740 g/mol. The van der Waals surface area contributed by atoms with Crippen LogP contribution in [0.15, 0.2) is 0 Å². The standard InChI is InChI=1S/C40H68O12/c1-35(2)24-10-15-38(6)25(37(24,5)13-11-26(35)51-34-32(46)30(44)23(18-41)50-34)17-22(49-33-31(45)29(43)21(42)19-48-33)28-20(9-14-39(28,38)7)40(8)16-12-27(52-40)36(3,4)47/h20-34,41-47H,9-19H2,1-8H3/t20?,21-,22+,23-,24?,25?,26?,27+,28-,29-,30-,31+,32+,33-,34-,37-,38+,39+,40+/m0/s1. The van der Waals surface area contributed by atoms with Crippen LogP contribution in [-0.2, 0) is 23.7 Å². The van der Waals surface area contributed by atoms with Gasteiger partial charge in [-0.1, -0.05) is 34.6 Å².